The highest BCUT2D eigenvalue weighted by Gasteiger charge is 2.51. The molecule has 2 fully saturated rings. The van der Waals surface area contributed by atoms with Crippen molar-refractivity contribution in [3.63, 3.8) is 0 Å². The van der Waals surface area contributed by atoms with Crippen LogP contribution in [0.15, 0.2) is 12.2 Å². The predicted molar refractivity (Wildman–Crippen MR) is 91.6 cm³/mol. The van der Waals surface area contributed by atoms with E-state index in [0.717, 1.165) is 38.4 Å². The largest absolute Gasteiger partial charge is 0.389 e. The third kappa shape index (κ3) is 5.38. The van der Waals surface area contributed by atoms with E-state index in [4.69, 9.17) is 14.2 Å². The molecule has 1 N–H and O–H groups in total. The molecule has 2 rings (SSSR count). The Bertz CT molecular complexity index is 389. The molecule has 0 aromatic heterocycles. The maximum absolute atomic E-state index is 10.5. The van der Waals surface area contributed by atoms with Crippen LogP contribution in [0.4, 0.5) is 0 Å². The SMILES string of the molecule is CCOCCC(O)C=C[C@@H]1CCC2(OCCO2)C1CCCCC=O. The summed E-state index contributed by atoms with van der Waals surface area (Å²) in [7, 11) is 0. The number of aliphatic hydroxyl groups excluding tert-OH is 1. The number of carbonyl (C=O) groups is 1. The van der Waals surface area contributed by atoms with Gasteiger partial charge in [-0.2, -0.15) is 0 Å². The van der Waals surface area contributed by atoms with E-state index in [1.165, 1.54) is 0 Å². The van der Waals surface area contributed by atoms with Crippen molar-refractivity contribution in [2.45, 2.75) is 63.8 Å². The number of rotatable bonds is 11. The molecule has 24 heavy (non-hydrogen) atoms. The van der Waals surface area contributed by atoms with Crippen molar-refractivity contribution in [1.82, 2.24) is 0 Å². The number of aliphatic hydroxyl groups is 1. The molecular weight excluding hydrogens is 308 g/mol. The van der Waals surface area contributed by atoms with Crippen LogP contribution in [0.3, 0.4) is 0 Å². The van der Waals surface area contributed by atoms with Crippen LogP contribution < -0.4 is 0 Å². The fourth-order valence-corrected chi connectivity index (χ4v) is 3.88. The van der Waals surface area contributed by atoms with Gasteiger partial charge in [-0.05, 0) is 32.1 Å². The van der Waals surface area contributed by atoms with Crippen molar-refractivity contribution in [3.05, 3.63) is 12.2 Å². The summed E-state index contributed by atoms with van der Waals surface area (Å²) in [6.45, 7) is 4.55. The average molecular weight is 340 g/mol. The molecule has 1 saturated heterocycles. The number of allylic oxidation sites excluding steroid dienone is 1. The topological polar surface area (TPSA) is 65.0 Å². The quantitative estimate of drug-likeness (QED) is 0.356. The van der Waals surface area contributed by atoms with Crippen LogP contribution in [0.5, 0.6) is 0 Å². The third-order valence-electron chi connectivity index (χ3n) is 5.11. The van der Waals surface area contributed by atoms with Crippen molar-refractivity contribution in [3.8, 4) is 0 Å². The van der Waals surface area contributed by atoms with Gasteiger partial charge < -0.3 is 24.1 Å². The molecule has 1 aliphatic carbocycles. The van der Waals surface area contributed by atoms with Crippen LogP contribution in [-0.2, 0) is 19.0 Å². The van der Waals surface area contributed by atoms with Crippen molar-refractivity contribution < 1.29 is 24.1 Å². The van der Waals surface area contributed by atoms with Gasteiger partial charge in [0.05, 0.1) is 19.3 Å². The first-order valence-electron chi connectivity index (χ1n) is 9.37. The van der Waals surface area contributed by atoms with E-state index in [-0.39, 0.29) is 0 Å². The molecule has 2 unspecified atom stereocenters. The lowest BCUT2D eigenvalue weighted by atomic mass is 9.87. The number of carbonyl (C=O) groups excluding carboxylic acids is 1. The standard InChI is InChI=1S/C19H32O5/c1-2-22-13-10-17(21)8-7-16-9-11-19(23-14-15-24-19)18(16)6-4-3-5-12-20/h7-8,12,16-18,21H,2-6,9-11,13-15H2,1H3/t16-,17?,18?/m1/s1. The molecule has 0 aromatic rings. The van der Waals surface area contributed by atoms with Crippen LogP contribution in [0.1, 0.15) is 51.9 Å². The second-order valence-corrected chi connectivity index (χ2v) is 6.71. The zero-order chi connectivity index (χ0) is 17.3. The van der Waals surface area contributed by atoms with E-state index in [2.05, 4.69) is 6.08 Å². The van der Waals surface area contributed by atoms with E-state index in [1.54, 1.807) is 0 Å². The lowest BCUT2D eigenvalue weighted by Gasteiger charge is -2.31. The Morgan fingerprint density at radius 1 is 1.33 bits per heavy atom. The second-order valence-electron chi connectivity index (χ2n) is 6.71. The number of hydrogen-bond acceptors (Lipinski definition) is 5. The van der Waals surface area contributed by atoms with Gasteiger partial charge in [0.15, 0.2) is 5.79 Å². The Morgan fingerprint density at radius 3 is 2.83 bits per heavy atom. The Kier molecular flexibility index (Phi) is 8.39. The summed E-state index contributed by atoms with van der Waals surface area (Å²) in [6, 6.07) is 0. The Morgan fingerprint density at radius 2 is 2.12 bits per heavy atom. The monoisotopic (exact) mass is 340 g/mol. The van der Waals surface area contributed by atoms with E-state index >= 15 is 0 Å². The van der Waals surface area contributed by atoms with Gasteiger partial charge in [0, 0.05) is 38.4 Å². The zero-order valence-electron chi connectivity index (χ0n) is 14.8. The summed E-state index contributed by atoms with van der Waals surface area (Å²) in [5.74, 6) is 0.231. The number of ether oxygens (including phenoxy) is 3. The summed E-state index contributed by atoms with van der Waals surface area (Å²) in [5, 5.41) is 10.1. The van der Waals surface area contributed by atoms with Gasteiger partial charge in [0.25, 0.3) is 0 Å². The molecule has 138 valence electrons. The molecule has 3 atom stereocenters. The van der Waals surface area contributed by atoms with E-state index in [9.17, 15) is 9.90 Å². The molecule has 0 aromatic carbocycles. The molecule has 0 bridgehead atoms. The van der Waals surface area contributed by atoms with Crippen molar-refractivity contribution in [1.29, 1.82) is 0 Å². The Hall–Kier alpha value is -0.750. The minimum Gasteiger partial charge on any atom is -0.389 e. The predicted octanol–water partition coefficient (Wildman–Crippen LogP) is 2.86. The second kappa shape index (κ2) is 10.3. The Labute approximate surface area is 145 Å². The van der Waals surface area contributed by atoms with Crippen LogP contribution in [0.2, 0.25) is 0 Å². The lowest BCUT2D eigenvalue weighted by Crippen LogP contribution is -2.36. The van der Waals surface area contributed by atoms with Crippen LogP contribution in [-0.4, -0.2) is 49.7 Å². The van der Waals surface area contributed by atoms with Gasteiger partial charge in [-0.25, -0.2) is 0 Å². The Balaban J connectivity index is 1.89. The first-order valence-corrected chi connectivity index (χ1v) is 9.37. The molecule has 5 heteroatoms. The first-order chi connectivity index (χ1) is 11.7. The van der Waals surface area contributed by atoms with E-state index < -0.39 is 11.9 Å². The molecular formula is C19H32O5. The molecule has 1 saturated carbocycles. The van der Waals surface area contributed by atoms with E-state index in [1.807, 2.05) is 13.0 Å². The van der Waals surface area contributed by atoms with Gasteiger partial charge in [0.2, 0.25) is 0 Å². The highest BCUT2D eigenvalue weighted by Crippen LogP contribution is 2.48. The fraction of sp³-hybridized carbons (Fsp3) is 0.842. The number of aldehydes is 1. The smallest absolute Gasteiger partial charge is 0.171 e. The minimum atomic E-state index is -0.464. The van der Waals surface area contributed by atoms with Crippen molar-refractivity contribution in [2.24, 2.45) is 11.8 Å². The van der Waals surface area contributed by atoms with Gasteiger partial charge in [-0.1, -0.05) is 18.6 Å². The highest BCUT2D eigenvalue weighted by atomic mass is 16.7. The van der Waals surface area contributed by atoms with Gasteiger partial charge in [0.1, 0.15) is 6.29 Å². The molecule has 1 heterocycles. The van der Waals surface area contributed by atoms with E-state index in [0.29, 0.717) is 51.1 Å². The van der Waals surface area contributed by atoms with Crippen LogP contribution in [0, 0.1) is 11.8 Å². The van der Waals surface area contributed by atoms with Crippen LogP contribution in [0.25, 0.3) is 0 Å². The zero-order valence-corrected chi connectivity index (χ0v) is 14.8. The maximum atomic E-state index is 10.5. The molecule has 2 aliphatic rings. The van der Waals surface area contributed by atoms with Crippen molar-refractivity contribution in [2.75, 3.05) is 26.4 Å². The average Bonchev–Trinajstić information content (AvgIpc) is 3.19. The summed E-state index contributed by atoms with van der Waals surface area (Å²) in [6.07, 6.45) is 10.7. The molecule has 5 nitrogen and oxygen atoms in total. The third-order valence-corrected chi connectivity index (χ3v) is 5.11. The molecule has 0 radical (unpaired) electrons. The molecule has 1 spiro atoms. The fourth-order valence-electron chi connectivity index (χ4n) is 3.88. The summed E-state index contributed by atoms with van der Waals surface area (Å²) < 4.78 is 17.2. The summed E-state index contributed by atoms with van der Waals surface area (Å²) in [5.41, 5.74) is 0. The van der Waals surface area contributed by atoms with Gasteiger partial charge >= 0.3 is 0 Å². The summed E-state index contributed by atoms with van der Waals surface area (Å²) in [4.78, 5) is 10.5. The first kappa shape index (κ1) is 19.6. The normalized spacial score (nSPS) is 27.2. The maximum Gasteiger partial charge on any atom is 0.171 e. The molecule has 1 aliphatic heterocycles. The van der Waals surface area contributed by atoms with Crippen LogP contribution >= 0.6 is 0 Å². The number of hydrogen-bond donors (Lipinski definition) is 1. The molecule has 0 amide bonds. The lowest BCUT2D eigenvalue weighted by molar-refractivity contribution is -0.186. The van der Waals surface area contributed by atoms with Gasteiger partial charge in [-0.3, -0.25) is 0 Å². The minimum absolute atomic E-state index is 0.307. The highest BCUT2D eigenvalue weighted by molar-refractivity contribution is 5.48. The number of unbranched alkanes of at least 4 members (excludes halogenated alkanes) is 2. The van der Waals surface area contributed by atoms with Crippen molar-refractivity contribution >= 4 is 6.29 Å². The summed E-state index contributed by atoms with van der Waals surface area (Å²) >= 11 is 0. The van der Waals surface area contributed by atoms with Gasteiger partial charge in [-0.15, -0.1) is 0 Å².